The second-order valence-corrected chi connectivity index (χ2v) is 3.81. The summed E-state index contributed by atoms with van der Waals surface area (Å²) >= 11 is 0. The number of hydrogen-bond donors (Lipinski definition) is 1. The van der Waals surface area contributed by atoms with E-state index in [0.29, 0.717) is 12.2 Å². The molecule has 0 bridgehead atoms. The quantitative estimate of drug-likeness (QED) is 0.885. The zero-order valence-corrected chi connectivity index (χ0v) is 10.1. The van der Waals surface area contributed by atoms with Gasteiger partial charge in [0.25, 0.3) is 0 Å². The summed E-state index contributed by atoms with van der Waals surface area (Å²) < 4.78 is 45.5. The number of alkyl halides is 3. The highest BCUT2D eigenvalue weighted by atomic mass is 19.4. The Hall–Kier alpha value is -1.43. The number of benzene rings is 1. The molecule has 18 heavy (non-hydrogen) atoms. The van der Waals surface area contributed by atoms with Crippen molar-refractivity contribution < 1.29 is 27.8 Å². The Kier molecular flexibility index (Phi) is 4.84. The summed E-state index contributed by atoms with van der Waals surface area (Å²) in [6.45, 7) is 3.72. The van der Waals surface area contributed by atoms with E-state index >= 15 is 0 Å². The van der Waals surface area contributed by atoms with E-state index in [9.17, 15) is 18.3 Å². The van der Waals surface area contributed by atoms with Gasteiger partial charge in [0.05, 0.1) is 12.7 Å². The van der Waals surface area contributed by atoms with Crippen molar-refractivity contribution in [1.82, 2.24) is 0 Å². The van der Waals surface area contributed by atoms with Crippen molar-refractivity contribution in [3.63, 3.8) is 0 Å². The number of halogens is 3. The molecule has 0 aromatic heterocycles. The first-order valence-corrected chi connectivity index (χ1v) is 5.53. The van der Waals surface area contributed by atoms with Gasteiger partial charge in [-0.3, -0.25) is 0 Å². The van der Waals surface area contributed by atoms with Crippen LogP contribution in [-0.2, 0) is 0 Å². The van der Waals surface area contributed by atoms with E-state index in [4.69, 9.17) is 4.74 Å². The number of ether oxygens (including phenoxy) is 2. The number of rotatable bonds is 5. The first kappa shape index (κ1) is 14.6. The molecule has 102 valence electrons. The van der Waals surface area contributed by atoms with Crippen LogP contribution in [0.4, 0.5) is 13.2 Å². The zero-order valence-electron chi connectivity index (χ0n) is 10.1. The van der Waals surface area contributed by atoms with Gasteiger partial charge in [-0.1, -0.05) is 6.92 Å². The van der Waals surface area contributed by atoms with E-state index in [1.165, 1.54) is 13.0 Å². The van der Waals surface area contributed by atoms with E-state index in [1.807, 2.05) is 6.92 Å². The van der Waals surface area contributed by atoms with Crippen LogP contribution in [0.2, 0.25) is 0 Å². The summed E-state index contributed by atoms with van der Waals surface area (Å²) in [5, 5.41) is 9.40. The maximum absolute atomic E-state index is 12.1. The van der Waals surface area contributed by atoms with Crippen molar-refractivity contribution in [3.05, 3.63) is 23.8 Å². The van der Waals surface area contributed by atoms with Gasteiger partial charge in [0, 0.05) is 6.07 Å². The molecule has 1 atom stereocenters. The molecule has 0 saturated carbocycles. The molecule has 1 N–H and O–H groups in total. The molecule has 1 aromatic rings. The van der Waals surface area contributed by atoms with Gasteiger partial charge in [-0.25, -0.2) is 0 Å². The van der Waals surface area contributed by atoms with Gasteiger partial charge in [-0.2, -0.15) is 0 Å². The van der Waals surface area contributed by atoms with E-state index in [-0.39, 0.29) is 5.75 Å². The highest BCUT2D eigenvalue weighted by molar-refractivity contribution is 5.39. The van der Waals surface area contributed by atoms with Crippen LogP contribution in [0.15, 0.2) is 18.2 Å². The molecule has 1 aromatic carbocycles. The SMILES string of the molecule is CCCOc1cc(OC(F)(F)F)cc(C(C)O)c1. The minimum absolute atomic E-state index is 0.245. The maximum atomic E-state index is 12.1. The van der Waals surface area contributed by atoms with Gasteiger partial charge in [-0.15, -0.1) is 13.2 Å². The second kappa shape index (κ2) is 5.95. The van der Waals surface area contributed by atoms with Gasteiger partial charge >= 0.3 is 6.36 Å². The Labute approximate surface area is 103 Å². The summed E-state index contributed by atoms with van der Waals surface area (Å²) in [6, 6.07) is 3.77. The van der Waals surface area contributed by atoms with Crippen LogP contribution in [0, 0.1) is 0 Å². The fourth-order valence-electron chi connectivity index (χ4n) is 1.33. The number of aliphatic hydroxyl groups excluding tert-OH is 1. The Balaban J connectivity index is 2.98. The molecule has 0 aliphatic heterocycles. The van der Waals surface area contributed by atoms with Crippen molar-refractivity contribution in [2.45, 2.75) is 32.7 Å². The van der Waals surface area contributed by atoms with E-state index < -0.39 is 18.2 Å². The third-order valence-corrected chi connectivity index (χ3v) is 2.09. The van der Waals surface area contributed by atoms with Gasteiger partial charge in [0.15, 0.2) is 0 Å². The third kappa shape index (κ3) is 4.83. The van der Waals surface area contributed by atoms with Crippen LogP contribution in [0.5, 0.6) is 11.5 Å². The molecule has 0 aliphatic carbocycles. The standard InChI is InChI=1S/C12H15F3O3/c1-3-4-17-10-5-9(8(2)16)6-11(7-10)18-12(13,14)15/h5-8,16H,3-4H2,1-2H3. The summed E-state index contributed by atoms with van der Waals surface area (Å²) in [6.07, 6.45) is -4.93. The normalized spacial score (nSPS) is 13.2. The average Bonchev–Trinajstić information content (AvgIpc) is 2.23. The van der Waals surface area contributed by atoms with Gasteiger partial charge in [-0.05, 0) is 31.0 Å². The van der Waals surface area contributed by atoms with E-state index in [0.717, 1.165) is 18.6 Å². The van der Waals surface area contributed by atoms with Gasteiger partial charge < -0.3 is 14.6 Å². The van der Waals surface area contributed by atoms with Crippen LogP contribution in [0.3, 0.4) is 0 Å². The minimum atomic E-state index is -4.76. The van der Waals surface area contributed by atoms with Crippen LogP contribution in [0.1, 0.15) is 31.9 Å². The Bertz CT molecular complexity index is 389. The molecule has 6 heteroatoms. The smallest absolute Gasteiger partial charge is 0.493 e. The van der Waals surface area contributed by atoms with Crippen LogP contribution >= 0.6 is 0 Å². The topological polar surface area (TPSA) is 38.7 Å². The number of hydrogen-bond acceptors (Lipinski definition) is 3. The van der Waals surface area contributed by atoms with E-state index in [1.54, 1.807) is 0 Å². The predicted molar refractivity (Wildman–Crippen MR) is 59.5 cm³/mol. The van der Waals surface area contributed by atoms with E-state index in [2.05, 4.69) is 4.74 Å². The fourth-order valence-corrected chi connectivity index (χ4v) is 1.33. The average molecular weight is 264 g/mol. The molecule has 0 fully saturated rings. The summed E-state index contributed by atoms with van der Waals surface area (Å²) in [4.78, 5) is 0. The molecule has 3 nitrogen and oxygen atoms in total. The van der Waals surface area contributed by atoms with Crippen LogP contribution in [-0.4, -0.2) is 18.1 Å². The number of aliphatic hydroxyl groups is 1. The molecule has 1 rings (SSSR count). The molecule has 0 aliphatic rings. The van der Waals surface area contributed by atoms with Crippen LogP contribution < -0.4 is 9.47 Å². The van der Waals surface area contributed by atoms with Crippen molar-refractivity contribution in [1.29, 1.82) is 0 Å². The van der Waals surface area contributed by atoms with Gasteiger partial charge in [0.1, 0.15) is 11.5 Å². The van der Waals surface area contributed by atoms with Crippen molar-refractivity contribution in [2.24, 2.45) is 0 Å². The molecular formula is C12H15F3O3. The Morgan fingerprint density at radius 2 is 1.83 bits per heavy atom. The zero-order chi connectivity index (χ0) is 13.8. The van der Waals surface area contributed by atoms with Crippen molar-refractivity contribution in [2.75, 3.05) is 6.61 Å². The fraction of sp³-hybridized carbons (Fsp3) is 0.500. The molecule has 0 heterocycles. The monoisotopic (exact) mass is 264 g/mol. The Morgan fingerprint density at radius 1 is 1.22 bits per heavy atom. The molecule has 0 spiro atoms. The van der Waals surface area contributed by atoms with Gasteiger partial charge in [0.2, 0.25) is 0 Å². The Morgan fingerprint density at radius 3 is 2.33 bits per heavy atom. The summed E-state index contributed by atoms with van der Waals surface area (Å²) in [5.41, 5.74) is 0.308. The third-order valence-electron chi connectivity index (χ3n) is 2.09. The predicted octanol–water partition coefficient (Wildman–Crippen LogP) is 3.43. The molecule has 0 amide bonds. The van der Waals surface area contributed by atoms with Crippen LogP contribution in [0.25, 0.3) is 0 Å². The lowest BCUT2D eigenvalue weighted by Gasteiger charge is -2.14. The lowest BCUT2D eigenvalue weighted by molar-refractivity contribution is -0.274. The lowest BCUT2D eigenvalue weighted by Crippen LogP contribution is -2.17. The minimum Gasteiger partial charge on any atom is -0.493 e. The van der Waals surface area contributed by atoms with Crippen molar-refractivity contribution in [3.8, 4) is 11.5 Å². The lowest BCUT2D eigenvalue weighted by atomic mass is 10.1. The highest BCUT2D eigenvalue weighted by Crippen LogP contribution is 2.30. The molecule has 0 saturated heterocycles. The second-order valence-electron chi connectivity index (χ2n) is 3.81. The molecular weight excluding hydrogens is 249 g/mol. The first-order valence-electron chi connectivity index (χ1n) is 5.53. The molecule has 0 radical (unpaired) electrons. The van der Waals surface area contributed by atoms with Crippen molar-refractivity contribution >= 4 is 0 Å². The summed E-state index contributed by atoms with van der Waals surface area (Å²) in [7, 11) is 0. The largest absolute Gasteiger partial charge is 0.573 e. The maximum Gasteiger partial charge on any atom is 0.573 e. The highest BCUT2D eigenvalue weighted by Gasteiger charge is 2.31. The summed E-state index contributed by atoms with van der Waals surface area (Å²) in [5.74, 6) is -0.151. The molecule has 1 unspecified atom stereocenters. The first-order chi connectivity index (χ1) is 8.31.